The first-order chi connectivity index (χ1) is 8.13. The van der Waals surface area contributed by atoms with Crippen molar-refractivity contribution in [2.45, 2.75) is 45.3 Å². The van der Waals surface area contributed by atoms with Crippen LogP contribution >= 0.6 is 22.9 Å². The van der Waals surface area contributed by atoms with E-state index in [-0.39, 0.29) is 11.6 Å². The van der Waals surface area contributed by atoms with Crippen molar-refractivity contribution >= 4 is 22.9 Å². The van der Waals surface area contributed by atoms with Gasteiger partial charge in [0.15, 0.2) is 0 Å². The van der Waals surface area contributed by atoms with E-state index in [0.29, 0.717) is 0 Å². The SMILES string of the molecule is CCNC(c1ccc(Cl)s1)C(CC)(CC)OC. The Morgan fingerprint density at radius 3 is 2.35 bits per heavy atom. The highest BCUT2D eigenvalue weighted by atomic mass is 35.5. The van der Waals surface area contributed by atoms with E-state index in [1.54, 1.807) is 18.4 Å². The largest absolute Gasteiger partial charge is 0.376 e. The lowest BCUT2D eigenvalue weighted by atomic mass is 9.87. The molecule has 0 aromatic carbocycles. The lowest BCUT2D eigenvalue weighted by Gasteiger charge is -2.38. The normalized spacial score (nSPS) is 13.9. The second-order valence-electron chi connectivity index (χ2n) is 4.11. The molecule has 0 radical (unpaired) electrons. The Morgan fingerprint density at radius 2 is 2.00 bits per heavy atom. The predicted molar refractivity (Wildman–Crippen MR) is 76.1 cm³/mol. The summed E-state index contributed by atoms with van der Waals surface area (Å²) < 4.78 is 6.65. The number of hydrogen-bond acceptors (Lipinski definition) is 3. The van der Waals surface area contributed by atoms with E-state index in [9.17, 15) is 0 Å². The quantitative estimate of drug-likeness (QED) is 0.803. The smallest absolute Gasteiger partial charge is 0.0931 e. The fourth-order valence-corrected chi connectivity index (χ4v) is 3.54. The Balaban J connectivity index is 3.06. The summed E-state index contributed by atoms with van der Waals surface area (Å²) in [5.41, 5.74) is -0.149. The Labute approximate surface area is 113 Å². The summed E-state index contributed by atoms with van der Waals surface area (Å²) >= 11 is 7.67. The van der Waals surface area contributed by atoms with E-state index in [1.165, 1.54) is 4.88 Å². The minimum Gasteiger partial charge on any atom is -0.376 e. The van der Waals surface area contributed by atoms with Gasteiger partial charge in [-0.1, -0.05) is 32.4 Å². The van der Waals surface area contributed by atoms with Crippen LogP contribution in [0.15, 0.2) is 12.1 Å². The first-order valence-electron chi connectivity index (χ1n) is 6.17. The highest BCUT2D eigenvalue weighted by Gasteiger charge is 2.37. The third-order valence-electron chi connectivity index (χ3n) is 3.42. The molecule has 2 nitrogen and oxygen atoms in total. The zero-order chi connectivity index (χ0) is 12.9. The molecule has 0 spiro atoms. The first kappa shape index (κ1) is 15.0. The molecule has 1 heterocycles. The number of rotatable bonds is 7. The average Bonchev–Trinajstić information content (AvgIpc) is 2.77. The summed E-state index contributed by atoms with van der Waals surface area (Å²) in [6.45, 7) is 7.39. The van der Waals surface area contributed by atoms with Gasteiger partial charge in [-0.25, -0.2) is 0 Å². The first-order valence-corrected chi connectivity index (χ1v) is 7.36. The molecule has 4 heteroatoms. The number of ether oxygens (including phenoxy) is 1. The van der Waals surface area contributed by atoms with Crippen molar-refractivity contribution < 1.29 is 4.74 Å². The van der Waals surface area contributed by atoms with Crippen LogP contribution < -0.4 is 5.32 Å². The van der Waals surface area contributed by atoms with E-state index in [0.717, 1.165) is 23.7 Å². The Kier molecular flexibility index (Phi) is 5.93. The molecule has 1 aromatic heterocycles. The van der Waals surface area contributed by atoms with Gasteiger partial charge >= 0.3 is 0 Å². The van der Waals surface area contributed by atoms with E-state index in [2.05, 4.69) is 32.2 Å². The van der Waals surface area contributed by atoms with Gasteiger partial charge in [0, 0.05) is 12.0 Å². The highest BCUT2D eigenvalue weighted by Crippen LogP contribution is 2.38. The lowest BCUT2D eigenvalue weighted by Crippen LogP contribution is -2.44. The van der Waals surface area contributed by atoms with Gasteiger partial charge in [0.2, 0.25) is 0 Å². The number of hydrogen-bond donors (Lipinski definition) is 1. The van der Waals surface area contributed by atoms with Crippen LogP contribution in [0.5, 0.6) is 0 Å². The van der Waals surface area contributed by atoms with Crippen LogP contribution in [-0.2, 0) is 4.74 Å². The molecule has 0 bridgehead atoms. The standard InChI is InChI=1S/C13H22ClNOS/c1-5-13(6-2,16-4)12(15-7-3)10-8-9-11(14)17-10/h8-9,12,15H,5-7H2,1-4H3. The zero-order valence-electron chi connectivity index (χ0n) is 11.0. The van der Waals surface area contributed by atoms with Crippen LogP contribution in [0.3, 0.4) is 0 Å². The van der Waals surface area contributed by atoms with Crippen molar-refractivity contribution in [3.8, 4) is 0 Å². The van der Waals surface area contributed by atoms with Crippen molar-refractivity contribution in [3.63, 3.8) is 0 Å². The molecule has 0 saturated heterocycles. The van der Waals surface area contributed by atoms with Crippen LogP contribution in [-0.4, -0.2) is 19.3 Å². The van der Waals surface area contributed by atoms with Gasteiger partial charge in [-0.15, -0.1) is 11.3 Å². The third kappa shape index (κ3) is 3.22. The molecule has 0 aliphatic heterocycles. The van der Waals surface area contributed by atoms with Crippen molar-refractivity contribution in [2.75, 3.05) is 13.7 Å². The molecule has 1 rings (SSSR count). The summed E-state index contributed by atoms with van der Waals surface area (Å²) in [6.07, 6.45) is 1.96. The predicted octanol–water partition coefficient (Wildman–Crippen LogP) is 4.26. The molecule has 1 unspecified atom stereocenters. The van der Waals surface area contributed by atoms with Crippen molar-refractivity contribution in [3.05, 3.63) is 21.3 Å². The Hall–Kier alpha value is -0.0900. The van der Waals surface area contributed by atoms with Gasteiger partial charge in [0.1, 0.15) is 0 Å². The molecule has 0 amide bonds. The maximum absolute atomic E-state index is 6.03. The van der Waals surface area contributed by atoms with E-state index in [4.69, 9.17) is 16.3 Å². The Morgan fingerprint density at radius 1 is 1.35 bits per heavy atom. The summed E-state index contributed by atoms with van der Waals surface area (Å²) in [5.74, 6) is 0. The van der Waals surface area contributed by atoms with Gasteiger partial charge in [0.25, 0.3) is 0 Å². The molecule has 0 fully saturated rings. The number of thiophene rings is 1. The summed E-state index contributed by atoms with van der Waals surface area (Å²) in [6, 6.07) is 4.27. The van der Waals surface area contributed by atoms with Crippen LogP contribution in [0.2, 0.25) is 4.34 Å². The van der Waals surface area contributed by atoms with Crippen molar-refractivity contribution in [1.82, 2.24) is 5.32 Å². The van der Waals surface area contributed by atoms with Crippen LogP contribution in [0.4, 0.5) is 0 Å². The maximum atomic E-state index is 6.03. The monoisotopic (exact) mass is 275 g/mol. The molecule has 0 saturated carbocycles. The summed E-state index contributed by atoms with van der Waals surface area (Å²) in [7, 11) is 1.80. The van der Waals surface area contributed by atoms with Gasteiger partial charge < -0.3 is 10.1 Å². The number of methoxy groups -OCH3 is 1. The molecule has 0 aliphatic rings. The minimum atomic E-state index is -0.149. The Bertz CT molecular complexity index is 328. The van der Waals surface area contributed by atoms with E-state index >= 15 is 0 Å². The fourth-order valence-electron chi connectivity index (χ4n) is 2.30. The zero-order valence-corrected chi connectivity index (χ0v) is 12.6. The summed E-state index contributed by atoms with van der Waals surface area (Å²) in [4.78, 5) is 1.25. The van der Waals surface area contributed by atoms with Gasteiger partial charge in [0.05, 0.1) is 16.0 Å². The molecule has 1 atom stereocenters. The van der Waals surface area contributed by atoms with Crippen molar-refractivity contribution in [1.29, 1.82) is 0 Å². The van der Waals surface area contributed by atoms with Gasteiger partial charge in [-0.05, 0) is 31.5 Å². The molecular formula is C13H22ClNOS. The van der Waals surface area contributed by atoms with Crippen LogP contribution in [0, 0.1) is 0 Å². The number of halogens is 1. The molecule has 1 N–H and O–H groups in total. The highest BCUT2D eigenvalue weighted by molar-refractivity contribution is 7.16. The van der Waals surface area contributed by atoms with E-state index in [1.807, 2.05) is 6.07 Å². The van der Waals surface area contributed by atoms with Gasteiger partial charge in [-0.2, -0.15) is 0 Å². The molecular weight excluding hydrogens is 254 g/mol. The number of likely N-dealkylation sites (N-methyl/N-ethyl adjacent to an activating group) is 1. The topological polar surface area (TPSA) is 21.3 Å². The van der Waals surface area contributed by atoms with Crippen molar-refractivity contribution in [2.24, 2.45) is 0 Å². The minimum absolute atomic E-state index is 0.149. The molecule has 98 valence electrons. The van der Waals surface area contributed by atoms with E-state index < -0.39 is 0 Å². The summed E-state index contributed by atoms with van der Waals surface area (Å²) in [5, 5.41) is 3.53. The molecule has 0 aliphatic carbocycles. The fraction of sp³-hybridized carbons (Fsp3) is 0.692. The lowest BCUT2D eigenvalue weighted by molar-refractivity contribution is -0.0473. The third-order valence-corrected chi connectivity index (χ3v) is 4.71. The maximum Gasteiger partial charge on any atom is 0.0931 e. The van der Waals surface area contributed by atoms with Crippen LogP contribution in [0.1, 0.15) is 44.5 Å². The molecule has 1 aromatic rings. The van der Waals surface area contributed by atoms with Gasteiger partial charge in [-0.3, -0.25) is 0 Å². The average molecular weight is 276 g/mol. The second kappa shape index (κ2) is 6.74. The molecule has 17 heavy (non-hydrogen) atoms. The van der Waals surface area contributed by atoms with Crippen LogP contribution in [0.25, 0.3) is 0 Å². The number of nitrogens with one attached hydrogen (secondary N) is 1. The second-order valence-corrected chi connectivity index (χ2v) is 5.86.